The average molecular weight is 402 g/mol. The number of thiocarbonyl (C=S) groups is 1. The van der Waals surface area contributed by atoms with Gasteiger partial charge in [0.15, 0.2) is 10.8 Å². The van der Waals surface area contributed by atoms with Crippen molar-refractivity contribution < 1.29 is 0 Å². The molecule has 1 aliphatic heterocycles. The number of nitrogens with one attached hydrogen (secondary N) is 1. The summed E-state index contributed by atoms with van der Waals surface area (Å²) in [5.41, 5.74) is 1.65. The molecule has 1 N–H and O–H groups in total. The van der Waals surface area contributed by atoms with Crippen LogP contribution in [0.15, 0.2) is 36.8 Å². The van der Waals surface area contributed by atoms with Crippen molar-refractivity contribution >= 4 is 45.8 Å². The van der Waals surface area contributed by atoms with E-state index in [2.05, 4.69) is 37.1 Å². The predicted octanol–water partition coefficient (Wildman–Crippen LogP) is 2.49. The Hall–Kier alpha value is -2.45. The maximum Gasteiger partial charge on any atom is 0.169 e. The van der Waals surface area contributed by atoms with E-state index in [4.69, 9.17) is 23.8 Å². The van der Waals surface area contributed by atoms with Crippen molar-refractivity contribution in [1.82, 2.24) is 30.0 Å². The second-order valence-electron chi connectivity index (χ2n) is 6.28. The van der Waals surface area contributed by atoms with Crippen LogP contribution in [-0.2, 0) is 0 Å². The zero-order valence-corrected chi connectivity index (χ0v) is 16.5. The summed E-state index contributed by atoms with van der Waals surface area (Å²) in [5.74, 6) is 0.905. The zero-order valence-electron chi connectivity index (χ0n) is 15.0. The lowest BCUT2D eigenvalue weighted by atomic mass is 10.3. The first-order valence-electron chi connectivity index (χ1n) is 8.89. The highest BCUT2D eigenvalue weighted by Gasteiger charge is 2.22. The van der Waals surface area contributed by atoms with E-state index < -0.39 is 0 Å². The number of piperazine rings is 1. The van der Waals surface area contributed by atoms with Gasteiger partial charge in [-0.15, -0.1) is 0 Å². The van der Waals surface area contributed by atoms with Crippen molar-refractivity contribution in [1.29, 1.82) is 0 Å². The van der Waals surface area contributed by atoms with E-state index in [1.807, 2.05) is 30.5 Å². The monoisotopic (exact) mass is 401 g/mol. The Bertz CT molecular complexity index is 965. The van der Waals surface area contributed by atoms with Gasteiger partial charge >= 0.3 is 0 Å². The summed E-state index contributed by atoms with van der Waals surface area (Å²) in [6.07, 6.45) is 3.41. The first-order chi connectivity index (χ1) is 13.2. The lowest BCUT2D eigenvalue weighted by Gasteiger charge is -2.36. The number of hydrogen-bond donors (Lipinski definition) is 1. The summed E-state index contributed by atoms with van der Waals surface area (Å²) in [6.45, 7) is 6.31. The highest BCUT2D eigenvalue weighted by molar-refractivity contribution is 7.80. The van der Waals surface area contributed by atoms with Crippen LogP contribution in [0.3, 0.4) is 0 Å². The molecule has 4 rings (SSSR count). The molecule has 0 atom stereocenters. The molecule has 9 heteroatoms. The second-order valence-corrected chi connectivity index (χ2v) is 7.10. The summed E-state index contributed by atoms with van der Waals surface area (Å²) < 4.78 is 1.79. The number of anilines is 1. The Morgan fingerprint density at radius 2 is 2.04 bits per heavy atom. The molecular formula is C18H20ClN7S. The summed E-state index contributed by atoms with van der Waals surface area (Å²) in [5, 5.41) is 10.1. The molecule has 7 nitrogen and oxygen atoms in total. The molecule has 0 spiro atoms. The Kier molecular flexibility index (Phi) is 5.09. The number of benzene rings is 1. The van der Waals surface area contributed by atoms with Crippen molar-refractivity contribution in [3.05, 3.63) is 41.8 Å². The fraction of sp³-hybridized carbons (Fsp3) is 0.333. The molecule has 1 saturated heterocycles. The van der Waals surface area contributed by atoms with Gasteiger partial charge < -0.3 is 15.1 Å². The number of hydrogen-bond acceptors (Lipinski definition) is 5. The molecule has 27 heavy (non-hydrogen) atoms. The molecule has 3 heterocycles. The molecule has 0 unspecified atom stereocenters. The van der Waals surface area contributed by atoms with Gasteiger partial charge in [-0.25, -0.2) is 14.6 Å². The first kappa shape index (κ1) is 17.9. The van der Waals surface area contributed by atoms with Crippen molar-refractivity contribution in [2.45, 2.75) is 6.92 Å². The van der Waals surface area contributed by atoms with E-state index in [9.17, 15) is 0 Å². The third-order valence-corrected chi connectivity index (χ3v) is 5.23. The second kappa shape index (κ2) is 7.66. The van der Waals surface area contributed by atoms with Gasteiger partial charge in [0.1, 0.15) is 12.1 Å². The van der Waals surface area contributed by atoms with E-state index in [1.165, 1.54) is 0 Å². The van der Waals surface area contributed by atoms with E-state index in [0.717, 1.165) is 60.4 Å². The zero-order chi connectivity index (χ0) is 18.8. The molecule has 3 aromatic rings. The van der Waals surface area contributed by atoms with Gasteiger partial charge in [0.2, 0.25) is 0 Å². The van der Waals surface area contributed by atoms with E-state index in [1.54, 1.807) is 11.0 Å². The number of fused-ring (bicyclic) bond motifs is 1. The molecule has 2 aromatic heterocycles. The summed E-state index contributed by atoms with van der Waals surface area (Å²) in [7, 11) is 0. The normalized spacial score (nSPS) is 14.6. The van der Waals surface area contributed by atoms with Crippen molar-refractivity contribution in [3.8, 4) is 5.69 Å². The molecular weight excluding hydrogens is 382 g/mol. The van der Waals surface area contributed by atoms with Gasteiger partial charge in [0.05, 0.1) is 17.3 Å². The summed E-state index contributed by atoms with van der Waals surface area (Å²) >= 11 is 11.5. The third kappa shape index (κ3) is 3.54. The van der Waals surface area contributed by atoms with Crippen LogP contribution in [0.5, 0.6) is 0 Å². The smallest absolute Gasteiger partial charge is 0.169 e. The van der Waals surface area contributed by atoms with Crippen molar-refractivity contribution in [2.24, 2.45) is 0 Å². The van der Waals surface area contributed by atoms with Crippen molar-refractivity contribution in [2.75, 3.05) is 37.6 Å². The molecule has 0 aliphatic carbocycles. The van der Waals surface area contributed by atoms with Gasteiger partial charge in [0, 0.05) is 37.7 Å². The molecule has 1 aromatic carbocycles. The van der Waals surface area contributed by atoms with Crippen LogP contribution in [0.25, 0.3) is 16.7 Å². The van der Waals surface area contributed by atoms with Gasteiger partial charge in [-0.1, -0.05) is 17.7 Å². The highest BCUT2D eigenvalue weighted by atomic mass is 35.5. The van der Waals surface area contributed by atoms with Crippen LogP contribution in [0.1, 0.15) is 6.92 Å². The minimum atomic E-state index is 0.665. The molecule has 0 saturated carbocycles. The Balaban J connectivity index is 1.60. The molecule has 0 radical (unpaired) electrons. The van der Waals surface area contributed by atoms with Crippen molar-refractivity contribution in [3.63, 3.8) is 0 Å². The van der Waals surface area contributed by atoms with Gasteiger partial charge in [-0.3, -0.25) is 0 Å². The van der Waals surface area contributed by atoms with Crippen LogP contribution < -0.4 is 10.2 Å². The summed E-state index contributed by atoms with van der Waals surface area (Å²) in [4.78, 5) is 13.4. The lowest BCUT2D eigenvalue weighted by molar-refractivity contribution is 0.380. The van der Waals surface area contributed by atoms with Crippen LogP contribution in [0, 0.1) is 0 Å². The molecule has 1 aliphatic rings. The van der Waals surface area contributed by atoms with Gasteiger partial charge in [-0.05, 0) is 37.3 Å². The van der Waals surface area contributed by atoms with Crippen LogP contribution in [-0.4, -0.2) is 62.5 Å². The first-order valence-corrected chi connectivity index (χ1v) is 9.68. The molecule has 0 amide bonds. The SMILES string of the molecule is CCNC(=S)N1CCN(c2ncnc3c2cnn3-c2cccc(Cl)c2)CC1. The van der Waals surface area contributed by atoms with Crippen LogP contribution in [0.2, 0.25) is 5.02 Å². The number of halogens is 1. The molecule has 0 bridgehead atoms. The Morgan fingerprint density at radius 3 is 2.78 bits per heavy atom. The fourth-order valence-electron chi connectivity index (χ4n) is 3.26. The minimum absolute atomic E-state index is 0.665. The number of aromatic nitrogens is 4. The van der Waals surface area contributed by atoms with Gasteiger partial charge in [-0.2, -0.15) is 5.10 Å². The van der Waals surface area contributed by atoms with Crippen LogP contribution in [0.4, 0.5) is 5.82 Å². The fourth-order valence-corrected chi connectivity index (χ4v) is 3.78. The number of nitrogens with zero attached hydrogens (tertiary/aromatic N) is 6. The van der Waals surface area contributed by atoms with E-state index >= 15 is 0 Å². The van der Waals surface area contributed by atoms with Gasteiger partial charge in [0.25, 0.3) is 0 Å². The Morgan fingerprint density at radius 1 is 1.22 bits per heavy atom. The summed E-state index contributed by atoms with van der Waals surface area (Å²) in [6, 6.07) is 7.57. The maximum absolute atomic E-state index is 6.13. The maximum atomic E-state index is 6.13. The van der Waals surface area contributed by atoms with E-state index in [0.29, 0.717) is 5.02 Å². The Labute approximate surface area is 167 Å². The highest BCUT2D eigenvalue weighted by Crippen LogP contribution is 2.26. The topological polar surface area (TPSA) is 62.1 Å². The largest absolute Gasteiger partial charge is 0.363 e. The average Bonchev–Trinajstić information content (AvgIpc) is 3.12. The minimum Gasteiger partial charge on any atom is -0.363 e. The quantitative estimate of drug-likeness (QED) is 0.676. The number of rotatable bonds is 3. The third-order valence-electron chi connectivity index (χ3n) is 4.59. The molecule has 1 fully saturated rings. The van der Waals surface area contributed by atoms with Crippen LogP contribution >= 0.6 is 23.8 Å². The standard InChI is InChI=1S/C18H20ClN7S/c1-2-20-18(27)25-8-6-24(7-9-25)16-15-11-23-26(17(15)22-12-21-16)14-5-3-4-13(19)10-14/h3-5,10-12H,2,6-9H2,1H3,(H,20,27). The lowest BCUT2D eigenvalue weighted by Crippen LogP contribution is -2.51. The molecule has 140 valence electrons. The van der Waals surface area contributed by atoms with E-state index in [-0.39, 0.29) is 0 Å². The predicted molar refractivity (Wildman–Crippen MR) is 112 cm³/mol.